The Morgan fingerprint density at radius 3 is 2.67 bits per heavy atom. The van der Waals surface area contributed by atoms with Crippen molar-refractivity contribution in [2.24, 2.45) is 5.41 Å². The molecule has 3 heterocycles. The number of ether oxygens (including phenoxy) is 3. The third-order valence-electron chi connectivity index (χ3n) is 8.02. The summed E-state index contributed by atoms with van der Waals surface area (Å²) >= 11 is 1.22. The van der Waals surface area contributed by atoms with E-state index in [-0.39, 0.29) is 35.8 Å². The summed E-state index contributed by atoms with van der Waals surface area (Å²) in [5.41, 5.74) is 3.62. The Bertz CT molecular complexity index is 1900. The lowest BCUT2D eigenvalue weighted by Crippen LogP contribution is -2.27. The number of carboxylic acid groups (broad SMARTS) is 1. The lowest BCUT2D eigenvalue weighted by molar-refractivity contribution is 0.0697. The first kappa shape index (κ1) is 30.6. The van der Waals surface area contributed by atoms with Crippen molar-refractivity contribution in [3.8, 4) is 22.1 Å². The molecule has 1 fully saturated rings. The van der Waals surface area contributed by atoms with Crippen LogP contribution in [0.15, 0.2) is 48.5 Å². The molecule has 0 amide bonds. The van der Waals surface area contributed by atoms with Gasteiger partial charge in [-0.15, -0.1) is 5.10 Å². The summed E-state index contributed by atoms with van der Waals surface area (Å²) in [6, 6.07) is 12.3. The highest BCUT2D eigenvalue weighted by atomic mass is 32.1. The molecule has 1 N–H and O–H groups in total. The molecule has 0 spiro atoms. The van der Waals surface area contributed by atoms with E-state index in [2.05, 4.69) is 24.0 Å². The Hall–Kier alpha value is -4.42. The topological polar surface area (TPSA) is 109 Å². The minimum Gasteiger partial charge on any atom is -0.483 e. The fraction of sp³-hybridized carbons (Fsp3) is 0.333. The lowest BCUT2D eigenvalue weighted by atomic mass is 9.87. The van der Waals surface area contributed by atoms with Crippen molar-refractivity contribution < 1.29 is 32.9 Å². The van der Waals surface area contributed by atoms with Gasteiger partial charge < -0.3 is 23.9 Å². The number of aromatic carboxylic acids is 1. The van der Waals surface area contributed by atoms with E-state index in [1.54, 1.807) is 30.3 Å². The number of nitrogens with zero attached hydrogens (tertiary/aromatic N) is 4. The first-order valence-electron chi connectivity index (χ1n) is 14.5. The monoisotopic (exact) mass is 634 g/mol. The molecule has 45 heavy (non-hydrogen) atoms. The fourth-order valence-corrected chi connectivity index (χ4v) is 6.34. The number of fused-ring (bicyclic) bond motifs is 1. The largest absolute Gasteiger partial charge is 0.483 e. The van der Waals surface area contributed by atoms with Gasteiger partial charge in [0, 0.05) is 11.8 Å². The molecule has 234 valence electrons. The van der Waals surface area contributed by atoms with Gasteiger partial charge in [0.15, 0.2) is 16.6 Å². The van der Waals surface area contributed by atoms with Crippen LogP contribution in [0.1, 0.15) is 59.1 Å². The molecule has 5 aromatic rings. The van der Waals surface area contributed by atoms with Crippen LogP contribution in [0.2, 0.25) is 0 Å². The van der Waals surface area contributed by atoms with Gasteiger partial charge in [0.2, 0.25) is 0 Å². The molecule has 1 atom stereocenters. The summed E-state index contributed by atoms with van der Waals surface area (Å²) in [5.74, 6) is -1.39. The predicted octanol–water partition coefficient (Wildman–Crippen LogP) is 7.01. The number of hydrogen-bond acceptors (Lipinski definition) is 8. The van der Waals surface area contributed by atoms with Crippen molar-refractivity contribution in [3.63, 3.8) is 0 Å². The van der Waals surface area contributed by atoms with Gasteiger partial charge in [-0.2, -0.15) is 0 Å². The minimum absolute atomic E-state index is 0.00912. The molecule has 0 bridgehead atoms. The standard InChI is InChI=1S/C33H32F2N4O5S/c1-5-43-32-38-37-30(45-32)16-44-27-12-19(6-8-23(27)34)22-14-24(35)21(10-18(22)2)13-29-36-25-9-7-20(31(40)41)11-26(25)39(29)28-15-42-17-33(28,3)4/h6-12,14,28H,5,13,15-17H2,1-4H3,(H,40,41)/t28-/m1/s1. The van der Waals surface area contributed by atoms with E-state index in [1.165, 1.54) is 29.5 Å². The van der Waals surface area contributed by atoms with Gasteiger partial charge in [-0.1, -0.05) is 42.4 Å². The summed E-state index contributed by atoms with van der Waals surface area (Å²) in [7, 11) is 0. The van der Waals surface area contributed by atoms with E-state index < -0.39 is 17.6 Å². The Balaban J connectivity index is 1.31. The van der Waals surface area contributed by atoms with Crippen LogP contribution >= 0.6 is 11.3 Å². The Morgan fingerprint density at radius 1 is 1.11 bits per heavy atom. The van der Waals surface area contributed by atoms with Gasteiger partial charge in [0.25, 0.3) is 5.19 Å². The normalized spacial score (nSPS) is 15.9. The number of aromatic nitrogens is 4. The molecule has 1 aliphatic heterocycles. The van der Waals surface area contributed by atoms with Crippen LogP contribution in [0, 0.1) is 24.0 Å². The van der Waals surface area contributed by atoms with Crippen LogP contribution < -0.4 is 9.47 Å². The lowest BCUT2D eigenvalue weighted by Gasteiger charge is -2.28. The molecule has 3 aromatic carbocycles. The Morgan fingerprint density at radius 2 is 1.93 bits per heavy atom. The zero-order valence-corrected chi connectivity index (χ0v) is 26.1. The second kappa shape index (κ2) is 12.2. The number of aryl methyl sites for hydroxylation is 1. The third-order valence-corrected chi connectivity index (χ3v) is 8.83. The van der Waals surface area contributed by atoms with Crippen molar-refractivity contribution in [1.82, 2.24) is 19.7 Å². The number of rotatable bonds is 10. The molecule has 1 saturated heterocycles. The number of imidazole rings is 1. The predicted molar refractivity (Wildman–Crippen MR) is 165 cm³/mol. The molecule has 9 nitrogen and oxygen atoms in total. The van der Waals surface area contributed by atoms with Crippen molar-refractivity contribution in [3.05, 3.63) is 87.7 Å². The Kier molecular flexibility index (Phi) is 8.27. The van der Waals surface area contributed by atoms with Gasteiger partial charge in [-0.3, -0.25) is 0 Å². The van der Waals surface area contributed by atoms with Crippen molar-refractivity contribution in [1.29, 1.82) is 0 Å². The summed E-state index contributed by atoms with van der Waals surface area (Å²) in [5, 5.41) is 18.5. The van der Waals surface area contributed by atoms with E-state index in [9.17, 15) is 14.3 Å². The molecular formula is C33H32F2N4O5S. The molecule has 0 saturated carbocycles. The summed E-state index contributed by atoms with van der Waals surface area (Å²) in [4.78, 5) is 16.6. The Labute approximate surface area is 262 Å². The summed E-state index contributed by atoms with van der Waals surface area (Å²) in [6.07, 6.45) is 0.181. The number of hydrogen-bond donors (Lipinski definition) is 1. The summed E-state index contributed by atoms with van der Waals surface area (Å²) < 4.78 is 49.4. The first-order chi connectivity index (χ1) is 21.5. The zero-order chi connectivity index (χ0) is 31.9. The second-order valence-corrected chi connectivity index (χ2v) is 12.7. The van der Waals surface area contributed by atoms with Crippen LogP contribution in [0.25, 0.3) is 22.2 Å². The average molecular weight is 635 g/mol. The summed E-state index contributed by atoms with van der Waals surface area (Å²) in [6.45, 7) is 9.34. The van der Waals surface area contributed by atoms with Crippen molar-refractivity contribution in [2.75, 3.05) is 19.8 Å². The first-order valence-corrected chi connectivity index (χ1v) is 15.3. The zero-order valence-electron chi connectivity index (χ0n) is 25.3. The van der Waals surface area contributed by atoms with E-state index in [4.69, 9.17) is 19.2 Å². The molecule has 6 rings (SSSR count). The second-order valence-electron chi connectivity index (χ2n) is 11.7. The number of benzene rings is 3. The van der Waals surface area contributed by atoms with E-state index in [0.717, 1.165) is 5.56 Å². The molecular weight excluding hydrogens is 602 g/mol. The van der Waals surface area contributed by atoms with Gasteiger partial charge in [-0.25, -0.2) is 18.6 Å². The maximum absolute atomic E-state index is 15.8. The minimum atomic E-state index is -1.03. The van der Waals surface area contributed by atoms with Crippen molar-refractivity contribution >= 4 is 28.3 Å². The quantitative estimate of drug-likeness (QED) is 0.175. The molecule has 1 aliphatic rings. The van der Waals surface area contributed by atoms with E-state index in [0.29, 0.717) is 63.6 Å². The van der Waals surface area contributed by atoms with Gasteiger partial charge in [0.05, 0.1) is 42.5 Å². The van der Waals surface area contributed by atoms with Gasteiger partial charge in [0.1, 0.15) is 18.2 Å². The molecule has 0 unspecified atom stereocenters. The highest BCUT2D eigenvalue weighted by Crippen LogP contribution is 2.41. The van der Waals surface area contributed by atoms with Crippen LogP contribution in [-0.4, -0.2) is 50.6 Å². The van der Waals surface area contributed by atoms with Crippen LogP contribution in [0.4, 0.5) is 8.78 Å². The maximum Gasteiger partial charge on any atom is 0.335 e. The smallest absolute Gasteiger partial charge is 0.335 e. The van der Waals surface area contributed by atoms with Crippen LogP contribution in [-0.2, 0) is 17.8 Å². The molecule has 2 aromatic heterocycles. The highest BCUT2D eigenvalue weighted by Gasteiger charge is 2.39. The molecule has 12 heteroatoms. The molecule has 0 radical (unpaired) electrons. The highest BCUT2D eigenvalue weighted by molar-refractivity contribution is 7.13. The maximum atomic E-state index is 15.8. The van der Waals surface area contributed by atoms with E-state index >= 15 is 4.39 Å². The number of halogens is 2. The fourth-order valence-electron chi connectivity index (χ4n) is 5.69. The van der Waals surface area contributed by atoms with Gasteiger partial charge in [-0.05, 0) is 72.5 Å². The average Bonchev–Trinajstić information content (AvgIpc) is 3.70. The van der Waals surface area contributed by atoms with Crippen LogP contribution in [0.5, 0.6) is 10.9 Å². The van der Waals surface area contributed by atoms with Crippen molar-refractivity contribution in [2.45, 2.75) is 46.8 Å². The molecule has 0 aliphatic carbocycles. The number of carboxylic acids is 1. The number of carbonyl (C=O) groups is 1. The third kappa shape index (κ3) is 6.12. The van der Waals surface area contributed by atoms with Gasteiger partial charge >= 0.3 is 5.97 Å². The van der Waals surface area contributed by atoms with Crippen LogP contribution in [0.3, 0.4) is 0 Å². The van der Waals surface area contributed by atoms with E-state index in [1.807, 2.05) is 18.4 Å². The SMILES string of the molecule is CCOc1nnc(COc2cc(-c3cc(F)c(Cc4nc5ccc(C(=O)O)cc5n4[C@@H]4COCC4(C)C)cc3C)ccc2F)s1.